The number of hydroxylamine groups is 2. The van der Waals surface area contributed by atoms with Crippen LogP contribution in [0.2, 0.25) is 0 Å². The molecule has 1 aliphatic heterocycles. The van der Waals surface area contributed by atoms with E-state index in [9.17, 15) is 0 Å². The molecule has 0 spiro atoms. The lowest BCUT2D eigenvalue weighted by Crippen LogP contribution is -2.43. The highest BCUT2D eigenvalue weighted by Crippen LogP contribution is 1.99. The lowest BCUT2D eigenvalue weighted by atomic mass is 10.4. The van der Waals surface area contributed by atoms with Crippen LogP contribution in [0.25, 0.3) is 0 Å². The fraction of sp³-hybridized carbons (Fsp3) is 1.00. The zero-order valence-corrected chi connectivity index (χ0v) is 9.31. The van der Waals surface area contributed by atoms with Gasteiger partial charge in [-0.15, -0.1) is 0 Å². The molecule has 90 valence electrons. The summed E-state index contributed by atoms with van der Waals surface area (Å²) in [6.07, 6.45) is -1.29. The van der Waals surface area contributed by atoms with Gasteiger partial charge >= 0.3 is 0 Å². The summed E-state index contributed by atoms with van der Waals surface area (Å²) in [6.45, 7) is 6.97. The van der Waals surface area contributed by atoms with Crippen molar-refractivity contribution >= 4 is 0 Å². The highest BCUT2D eigenvalue weighted by atomic mass is 16.8. The van der Waals surface area contributed by atoms with Crippen molar-refractivity contribution in [3.8, 4) is 0 Å². The van der Waals surface area contributed by atoms with Crippen LogP contribution in [0.15, 0.2) is 0 Å². The Bertz CT molecular complexity index is 162. The average molecular weight is 220 g/mol. The summed E-state index contributed by atoms with van der Waals surface area (Å²) >= 11 is 0. The number of ether oxygens (including phenoxy) is 2. The Hall–Kier alpha value is -0.240. The minimum atomic E-state index is -0.820. The molecule has 0 bridgehead atoms. The molecule has 0 saturated carbocycles. The SMILES string of the molecule is CC(O)OC(C)OCON1CCNCC1. The van der Waals surface area contributed by atoms with Crippen LogP contribution < -0.4 is 5.32 Å². The highest BCUT2D eigenvalue weighted by molar-refractivity contribution is 4.59. The van der Waals surface area contributed by atoms with E-state index in [1.807, 2.05) is 5.06 Å². The van der Waals surface area contributed by atoms with Crippen molar-refractivity contribution in [1.29, 1.82) is 0 Å². The lowest BCUT2D eigenvalue weighted by molar-refractivity contribution is -0.289. The molecule has 15 heavy (non-hydrogen) atoms. The van der Waals surface area contributed by atoms with Gasteiger partial charge in [-0.2, -0.15) is 5.06 Å². The molecule has 0 aromatic carbocycles. The summed E-state index contributed by atoms with van der Waals surface area (Å²) < 4.78 is 10.2. The number of hydrogen-bond donors (Lipinski definition) is 2. The summed E-state index contributed by atoms with van der Waals surface area (Å²) in [6, 6.07) is 0. The van der Waals surface area contributed by atoms with Crippen molar-refractivity contribution < 1.29 is 19.4 Å². The Kier molecular flexibility index (Phi) is 6.07. The van der Waals surface area contributed by atoms with Crippen LogP contribution in [0.1, 0.15) is 13.8 Å². The predicted molar refractivity (Wildman–Crippen MR) is 53.7 cm³/mol. The Morgan fingerprint density at radius 3 is 2.60 bits per heavy atom. The van der Waals surface area contributed by atoms with Gasteiger partial charge in [0, 0.05) is 26.2 Å². The summed E-state index contributed by atoms with van der Waals surface area (Å²) in [5, 5.41) is 14.0. The van der Waals surface area contributed by atoms with Crippen LogP contribution in [-0.4, -0.2) is 55.7 Å². The number of piperazine rings is 1. The minimum absolute atomic E-state index is 0.147. The Morgan fingerprint density at radius 2 is 2.00 bits per heavy atom. The first kappa shape index (κ1) is 12.8. The van der Waals surface area contributed by atoms with E-state index in [0.29, 0.717) is 0 Å². The third-order valence-electron chi connectivity index (χ3n) is 2.00. The second-order valence-electron chi connectivity index (χ2n) is 3.40. The Balaban J connectivity index is 1.99. The molecule has 0 amide bonds. The number of nitrogens with zero attached hydrogens (tertiary/aromatic N) is 1. The van der Waals surface area contributed by atoms with Gasteiger partial charge in [0.05, 0.1) is 0 Å². The molecule has 6 heteroatoms. The summed E-state index contributed by atoms with van der Waals surface area (Å²) in [5.41, 5.74) is 0. The van der Waals surface area contributed by atoms with Gasteiger partial charge in [-0.05, 0) is 13.8 Å². The van der Waals surface area contributed by atoms with Crippen molar-refractivity contribution in [3.63, 3.8) is 0 Å². The largest absolute Gasteiger partial charge is 0.368 e. The van der Waals surface area contributed by atoms with Crippen LogP contribution in [0.4, 0.5) is 0 Å². The smallest absolute Gasteiger partial charge is 0.170 e. The van der Waals surface area contributed by atoms with Crippen LogP contribution in [-0.2, 0) is 14.3 Å². The van der Waals surface area contributed by atoms with Gasteiger partial charge in [0.1, 0.15) is 0 Å². The first-order chi connectivity index (χ1) is 7.18. The lowest BCUT2D eigenvalue weighted by Gasteiger charge is -2.26. The van der Waals surface area contributed by atoms with E-state index in [4.69, 9.17) is 19.4 Å². The van der Waals surface area contributed by atoms with E-state index in [1.165, 1.54) is 6.92 Å². The van der Waals surface area contributed by atoms with Crippen molar-refractivity contribution in [2.24, 2.45) is 0 Å². The van der Waals surface area contributed by atoms with E-state index < -0.39 is 12.6 Å². The zero-order valence-electron chi connectivity index (χ0n) is 9.31. The van der Waals surface area contributed by atoms with Crippen LogP contribution in [0.3, 0.4) is 0 Å². The molecule has 2 atom stereocenters. The number of nitrogens with one attached hydrogen (secondary N) is 1. The number of rotatable bonds is 6. The van der Waals surface area contributed by atoms with Crippen molar-refractivity contribution in [1.82, 2.24) is 10.4 Å². The maximum atomic E-state index is 8.91. The van der Waals surface area contributed by atoms with E-state index in [2.05, 4.69) is 5.32 Å². The molecule has 2 N–H and O–H groups in total. The highest BCUT2D eigenvalue weighted by Gasteiger charge is 2.11. The molecular formula is C9H20N2O4. The molecule has 0 aliphatic carbocycles. The van der Waals surface area contributed by atoms with Crippen molar-refractivity contribution in [2.75, 3.05) is 33.0 Å². The molecular weight excluding hydrogens is 200 g/mol. The first-order valence-electron chi connectivity index (χ1n) is 5.22. The zero-order chi connectivity index (χ0) is 11.1. The van der Waals surface area contributed by atoms with Gasteiger partial charge in [0.15, 0.2) is 19.4 Å². The van der Waals surface area contributed by atoms with Gasteiger partial charge in [-0.1, -0.05) is 0 Å². The third-order valence-corrected chi connectivity index (χ3v) is 2.00. The molecule has 1 fully saturated rings. The monoisotopic (exact) mass is 220 g/mol. The second kappa shape index (κ2) is 7.10. The van der Waals surface area contributed by atoms with Crippen molar-refractivity contribution in [3.05, 3.63) is 0 Å². The predicted octanol–water partition coefficient (Wildman–Crippen LogP) is -0.502. The maximum Gasteiger partial charge on any atom is 0.170 e. The molecule has 1 rings (SSSR count). The quantitative estimate of drug-likeness (QED) is 0.588. The summed E-state index contributed by atoms with van der Waals surface area (Å²) in [5.74, 6) is 0. The average Bonchev–Trinajstić information content (AvgIpc) is 2.18. The standard InChI is InChI=1S/C9H20N2O4/c1-8(12)15-9(2)13-7-14-11-5-3-10-4-6-11/h8-10,12H,3-7H2,1-2H3. The second-order valence-corrected chi connectivity index (χ2v) is 3.40. The van der Waals surface area contributed by atoms with Crippen LogP contribution in [0.5, 0.6) is 0 Å². The third kappa shape index (κ3) is 6.03. The molecule has 1 heterocycles. The molecule has 6 nitrogen and oxygen atoms in total. The van der Waals surface area contributed by atoms with Crippen LogP contribution in [0, 0.1) is 0 Å². The van der Waals surface area contributed by atoms with Gasteiger partial charge in [0.2, 0.25) is 0 Å². The normalized spacial score (nSPS) is 22.6. The van der Waals surface area contributed by atoms with Gasteiger partial charge < -0.3 is 19.9 Å². The van der Waals surface area contributed by atoms with Crippen molar-refractivity contribution in [2.45, 2.75) is 26.4 Å². The minimum Gasteiger partial charge on any atom is -0.368 e. The van der Waals surface area contributed by atoms with Crippen LogP contribution >= 0.6 is 0 Å². The molecule has 1 aliphatic rings. The number of aliphatic hydroxyl groups is 1. The van der Waals surface area contributed by atoms with E-state index in [-0.39, 0.29) is 6.79 Å². The number of aliphatic hydroxyl groups excluding tert-OH is 1. The fourth-order valence-corrected chi connectivity index (χ4v) is 1.29. The molecule has 0 radical (unpaired) electrons. The molecule has 0 aromatic rings. The van der Waals surface area contributed by atoms with Gasteiger partial charge in [0.25, 0.3) is 0 Å². The topological polar surface area (TPSA) is 63.2 Å². The molecule has 1 saturated heterocycles. The van der Waals surface area contributed by atoms with E-state index in [1.54, 1.807) is 6.92 Å². The molecule has 0 aromatic heterocycles. The molecule has 2 unspecified atom stereocenters. The van der Waals surface area contributed by atoms with Gasteiger partial charge in [-0.3, -0.25) is 4.84 Å². The van der Waals surface area contributed by atoms with E-state index >= 15 is 0 Å². The Labute approximate surface area is 90.1 Å². The van der Waals surface area contributed by atoms with Gasteiger partial charge in [-0.25, -0.2) is 0 Å². The summed E-state index contributed by atoms with van der Waals surface area (Å²) in [7, 11) is 0. The maximum absolute atomic E-state index is 8.91. The summed E-state index contributed by atoms with van der Waals surface area (Å²) in [4.78, 5) is 5.34. The van der Waals surface area contributed by atoms with E-state index in [0.717, 1.165) is 26.2 Å². The fourth-order valence-electron chi connectivity index (χ4n) is 1.29. The first-order valence-corrected chi connectivity index (χ1v) is 5.22. The Morgan fingerprint density at radius 1 is 1.33 bits per heavy atom. The number of hydrogen-bond acceptors (Lipinski definition) is 6.